The van der Waals surface area contributed by atoms with Gasteiger partial charge in [0.25, 0.3) is 0 Å². The molecule has 0 aromatic heterocycles. The zero-order valence-corrected chi connectivity index (χ0v) is 17.4. The van der Waals surface area contributed by atoms with Crippen molar-refractivity contribution in [1.82, 2.24) is 15.5 Å². The normalized spacial score (nSPS) is 14.8. The Hall–Kier alpha value is -2.88. The molecule has 1 aromatic rings. The number of nitrogens with one attached hydrogen (secondary N) is 2. The van der Waals surface area contributed by atoms with E-state index in [0.717, 1.165) is 37.5 Å². The van der Waals surface area contributed by atoms with Crippen LogP contribution in [0.4, 0.5) is 4.79 Å². The van der Waals surface area contributed by atoms with E-state index in [0.29, 0.717) is 32.3 Å². The first-order valence-corrected chi connectivity index (χ1v) is 10.3. The lowest BCUT2D eigenvalue weighted by atomic mass is 10.1. The first-order chi connectivity index (χ1) is 14.2. The summed E-state index contributed by atoms with van der Waals surface area (Å²) in [7, 11) is 0. The summed E-state index contributed by atoms with van der Waals surface area (Å²) < 4.78 is 10.5. The number of ether oxygens (including phenoxy) is 2. The summed E-state index contributed by atoms with van der Waals surface area (Å²) in [5.41, 5.74) is 1.19. The number of aliphatic imine (C=N–C) groups is 1. The topological polar surface area (TPSA) is 75.2 Å². The van der Waals surface area contributed by atoms with Crippen LogP contribution in [0.15, 0.2) is 29.3 Å². The van der Waals surface area contributed by atoms with E-state index in [-0.39, 0.29) is 12.7 Å². The summed E-state index contributed by atoms with van der Waals surface area (Å²) in [6.45, 7) is 7.45. The third kappa shape index (κ3) is 7.94. The van der Waals surface area contributed by atoms with Crippen LogP contribution in [0.2, 0.25) is 0 Å². The van der Waals surface area contributed by atoms with Crippen LogP contribution in [0.25, 0.3) is 0 Å². The molecule has 0 spiro atoms. The average Bonchev–Trinajstić information content (AvgIpc) is 2.74. The van der Waals surface area contributed by atoms with E-state index >= 15 is 0 Å². The first kappa shape index (κ1) is 22.4. The van der Waals surface area contributed by atoms with E-state index < -0.39 is 0 Å². The highest BCUT2D eigenvalue weighted by molar-refractivity contribution is 5.80. The van der Waals surface area contributed by atoms with Crippen molar-refractivity contribution in [2.45, 2.75) is 39.2 Å². The Labute approximate surface area is 173 Å². The van der Waals surface area contributed by atoms with Crippen molar-refractivity contribution in [2.24, 2.45) is 4.99 Å². The zero-order valence-electron chi connectivity index (χ0n) is 17.4. The van der Waals surface area contributed by atoms with Crippen LogP contribution in [-0.4, -0.2) is 62.4 Å². The van der Waals surface area contributed by atoms with Gasteiger partial charge in [0.2, 0.25) is 0 Å². The third-order valence-corrected chi connectivity index (χ3v) is 4.62. The van der Waals surface area contributed by atoms with Crippen molar-refractivity contribution in [2.75, 3.05) is 39.4 Å². The lowest BCUT2D eigenvalue weighted by Crippen LogP contribution is -2.50. The van der Waals surface area contributed by atoms with Crippen molar-refractivity contribution >= 4 is 12.1 Å². The molecule has 1 heterocycles. The van der Waals surface area contributed by atoms with Gasteiger partial charge in [0.15, 0.2) is 5.96 Å². The van der Waals surface area contributed by atoms with Crippen LogP contribution in [0.1, 0.15) is 32.3 Å². The van der Waals surface area contributed by atoms with Crippen LogP contribution in [0, 0.1) is 12.3 Å². The Bertz CT molecular complexity index is 689. The molecule has 1 saturated heterocycles. The molecule has 1 aliphatic rings. The molecule has 1 amide bonds. The van der Waals surface area contributed by atoms with E-state index in [1.54, 1.807) is 4.90 Å². The summed E-state index contributed by atoms with van der Waals surface area (Å²) in [6.07, 6.45) is 7.57. The quantitative estimate of drug-likeness (QED) is 0.398. The Balaban J connectivity index is 1.79. The van der Waals surface area contributed by atoms with Crippen LogP contribution >= 0.6 is 0 Å². The van der Waals surface area contributed by atoms with Gasteiger partial charge in [0.1, 0.15) is 12.4 Å². The predicted octanol–water partition coefficient (Wildman–Crippen LogP) is 2.42. The smallest absolute Gasteiger partial charge is 0.409 e. The molecule has 158 valence electrons. The van der Waals surface area contributed by atoms with Gasteiger partial charge in [-0.25, -0.2) is 4.79 Å². The van der Waals surface area contributed by atoms with Gasteiger partial charge < -0.3 is 25.0 Å². The number of piperidine rings is 1. The number of guanidine groups is 1. The van der Waals surface area contributed by atoms with Gasteiger partial charge in [-0.1, -0.05) is 18.1 Å². The fourth-order valence-corrected chi connectivity index (χ4v) is 3.11. The number of nitrogens with zero attached hydrogens (tertiary/aromatic N) is 2. The summed E-state index contributed by atoms with van der Waals surface area (Å²) in [5, 5.41) is 6.79. The monoisotopic (exact) mass is 400 g/mol. The van der Waals surface area contributed by atoms with Crippen LogP contribution < -0.4 is 15.4 Å². The first-order valence-electron chi connectivity index (χ1n) is 10.3. The number of terminal acetylenes is 1. The van der Waals surface area contributed by atoms with Crippen molar-refractivity contribution in [3.8, 4) is 18.1 Å². The van der Waals surface area contributed by atoms with E-state index in [2.05, 4.69) is 28.5 Å². The predicted molar refractivity (Wildman–Crippen MR) is 115 cm³/mol. The molecule has 1 aliphatic heterocycles. The lowest BCUT2D eigenvalue weighted by molar-refractivity contribution is 0.0963. The minimum atomic E-state index is -0.220. The molecular weight excluding hydrogens is 368 g/mol. The Morgan fingerprint density at radius 3 is 2.62 bits per heavy atom. The maximum atomic E-state index is 11.8. The minimum absolute atomic E-state index is 0.220. The van der Waals surface area contributed by atoms with E-state index in [9.17, 15) is 4.79 Å². The van der Waals surface area contributed by atoms with Gasteiger partial charge in [-0.2, -0.15) is 0 Å². The van der Waals surface area contributed by atoms with Crippen LogP contribution in [-0.2, 0) is 11.2 Å². The standard InChI is InChI=1S/C22H32N4O3/c1-4-17-29-20-9-7-18(8-10-20)11-14-24-21(23-5-2)25-19-12-15-26(16-13-19)22(27)28-6-3/h1,7-10,19H,5-6,11-17H2,2-3H3,(H2,23,24,25). The summed E-state index contributed by atoms with van der Waals surface area (Å²) in [5.74, 6) is 4.05. The second-order valence-corrected chi connectivity index (χ2v) is 6.75. The fraction of sp³-hybridized carbons (Fsp3) is 0.545. The number of carbonyl (C=O) groups is 1. The molecule has 7 heteroatoms. The molecule has 0 saturated carbocycles. The highest BCUT2D eigenvalue weighted by Gasteiger charge is 2.23. The van der Waals surface area contributed by atoms with Gasteiger partial charge in [0.05, 0.1) is 6.61 Å². The molecule has 2 rings (SSSR count). The van der Waals surface area contributed by atoms with Crippen LogP contribution in [0.3, 0.4) is 0 Å². The van der Waals surface area contributed by atoms with E-state index in [1.807, 2.05) is 31.2 Å². The second-order valence-electron chi connectivity index (χ2n) is 6.75. The molecule has 0 radical (unpaired) electrons. The van der Waals surface area contributed by atoms with Crippen molar-refractivity contribution in [3.05, 3.63) is 29.8 Å². The van der Waals surface area contributed by atoms with Gasteiger partial charge in [-0.15, -0.1) is 6.42 Å². The van der Waals surface area contributed by atoms with Gasteiger partial charge in [-0.05, 0) is 50.8 Å². The van der Waals surface area contributed by atoms with Gasteiger partial charge >= 0.3 is 6.09 Å². The largest absolute Gasteiger partial charge is 0.481 e. The number of likely N-dealkylation sites (tertiary alicyclic amines) is 1. The summed E-state index contributed by atoms with van der Waals surface area (Å²) >= 11 is 0. The molecule has 0 bridgehead atoms. The highest BCUT2D eigenvalue weighted by atomic mass is 16.6. The van der Waals surface area contributed by atoms with Crippen LogP contribution in [0.5, 0.6) is 5.75 Å². The molecule has 2 N–H and O–H groups in total. The van der Waals surface area contributed by atoms with E-state index in [1.165, 1.54) is 5.56 Å². The number of rotatable bonds is 8. The fourth-order valence-electron chi connectivity index (χ4n) is 3.11. The van der Waals surface area contributed by atoms with Crippen molar-refractivity contribution in [1.29, 1.82) is 0 Å². The maximum absolute atomic E-state index is 11.8. The molecule has 7 nitrogen and oxygen atoms in total. The average molecular weight is 401 g/mol. The molecule has 0 atom stereocenters. The van der Waals surface area contributed by atoms with Gasteiger partial charge in [-0.3, -0.25) is 4.99 Å². The third-order valence-electron chi connectivity index (χ3n) is 4.62. The summed E-state index contributed by atoms with van der Waals surface area (Å²) in [4.78, 5) is 18.3. The highest BCUT2D eigenvalue weighted by Crippen LogP contribution is 2.13. The number of amides is 1. The molecular formula is C22H32N4O3. The van der Waals surface area contributed by atoms with Crippen molar-refractivity contribution < 1.29 is 14.3 Å². The molecule has 0 aliphatic carbocycles. The summed E-state index contributed by atoms with van der Waals surface area (Å²) in [6, 6.07) is 8.22. The lowest BCUT2D eigenvalue weighted by Gasteiger charge is -2.32. The zero-order chi connectivity index (χ0) is 20.9. The molecule has 1 fully saturated rings. The number of carbonyl (C=O) groups excluding carboxylic acids is 1. The van der Waals surface area contributed by atoms with Crippen molar-refractivity contribution in [3.63, 3.8) is 0 Å². The molecule has 1 aromatic carbocycles. The Morgan fingerprint density at radius 1 is 1.28 bits per heavy atom. The van der Waals surface area contributed by atoms with E-state index in [4.69, 9.17) is 15.9 Å². The second kappa shape index (κ2) is 12.6. The molecule has 29 heavy (non-hydrogen) atoms. The Morgan fingerprint density at radius 2 is 2.00 bits per heavy atom. The number of hydrogen-bond acceptors (Lipinski definition) is 4. The Kier molecular flexibility index (Phi) is 9.70. The number of benzene rings is 1. The molecule has 0 unspecified atom stereocenters. The SMILES string of the molecule is C#CCOc1ccc(CCN=C(NCC)NC2CCN(C(=O)OCC)CC2)cc1. The minimum Gasteiger partial charge on any atom is -0.481 e. The maximum Gasteiger partial charge on any atom is 0.409 e. The van der Waals surface area contributed by atoms with Gasteiger partial charge in [0, 0.05) is 32.2 Å². The number of hydrogen-bond donors (Lipinski definition) is 2.